The highest BCUT2D eigenvalue weighted by Crippen LogP contribution is 2.15. The Balaban J connectivity index is 1.58. The van der Waals surface area contributed by atoms with E-state index in [1.165, 1.54) is 0 Å². The molecule has 0 N–H and O–H groups in total. The van der Waals surface area contributed by atoms with Gasteiger partial charge in [0.05, 0.1) is 13.2 Å². The van der Waals surface area contributed by atoms with E-state index in [0.29, 0.717) is 19.8 Å². The molecule has 0 aliphatic heterocycles. The molecule has 3 heteroatoms. The van der Waals surface area contributed by atoms with Crippen LogP contribution in [0.4, 0.5) is 0 Å². The summed E-state index contributed by atoms with van der Waals surface area (Å²) < 4.78 is 17.8. The second kappa shape index (κ2) is 9.76. The maximum absolute atomic E-state index is 5.95. The van der Waals surface area contributed by atoms with Gasteiger partial charge in [0.1, 0.15) is 12.4 Å². The highest BCUT2D eigenvalue weighted by Gasteiger charge is 2.12. The standard InChI is InChI=1S/C23H24O3/c1-19-9-8-14-22(15-19)24-18-23(25-16-20-10-4-2-5-11-20)26-17-21-12-6-3-7-13-21/h2-15,23H,16-18H2,1H3. The third-order valence-corrected chi connectivity index (χ3v) is 3.93. The Kier molecular flexibility index (Phi) is 6.82. The molecular formula is C23H24O3. The molecule has 0 aromatic heterocycles. The summed E-state index contributed by atoms with van der Waals surface area (Å²) in [4.78, 5) is 0. The van der Waals surface area contributed by atoms with Crippen LogP contribution in [0.25, 0.3) is 0 Å². The van der Waals surface area contributed by atoms with Crippen molar-refractivity contribution in [2.45, 2.75) is 26.4 Å². The van der Waals surface area contributed by atoms with Crippen LogP contribution in [0.1, 0.15) is 16.7 Å². The zero-order valence-electron chi connectivity index (χ0n) is 15.0. The molecule has 0 saturated carbocycles. The van der Waals surface area contributed by atoms with Crippen molar-refractivity contribution < 1.29 is 14.2 Å². The summed E-state index contributed by atoms with van der Waals surface area (Å²) in [6, 6.07) is 28.1. The molecule has 0 fully saturated rings. The predicted octanol–water partition coefficient (Wildman–Crippen LogP) is 5.13. The Morgan fingerprint density at radius 3 is 1.81 bits per heavy atom. The fourth-order valence-corrected chi connectivity index (χ4v) is 2.54. The van der Waals surface area contributed by atoms with Crippen molar-refractivity contribution in [3.05, 3.63) is 102 Å². The Bertz CT molecular complexity index is 728. The molecule has 0 aliphatic rings. The maximum Gasteiger partial charge on any atom is 0.192 e. The highest BCUT2D eigenvalue weighted by atomic mass is 16.7. The van der Waals surface area contributed by atoms with E-state index in [1.54, 1.807) is 0 Å². The van der Waals surface area contributed by atoms with Crippen molar-refractivity contribution in [1.82, 2.24) is 0 Å². The van der Waals surface area contributed by atoms with E-state index in [2.05, 4.69) is 0 Å². The van der Waals surface area contributed by atoms with Crippen molar-refractivity contribution in [2.75, 3.05) is 6.61 Å². The second-order valence-corrected chi connectivity index (χ2v) is 6.15. The quantitative estimate of drug-likeness (QED) is 0.502. The van der Waals surface area contributed by atoms with Crippen LogP contribution >= 0.6 is 0 Å². The van der Waals surface area contributed by atoms with Crippen molar-refractivity contribution in [2.24, 2.45) is 0 Å². The van der Waals surface area contributed by atoms with Gasteiger partial charge in [-0.25, -0.2) is 0 Å². The van der Waals surface area contributed by atoms with Crippen LogP contribution in [0.5, 0.6) is 5.75 Å². The molecule has 0 radical (unpaired) electrons. The molecule has 0 bridgehead atoms. The summed E-state index contributed by atoms with van der Waals surface area (Å²) in [5, 5.41) is 0. The first kappa shape index (κ1) is 18.2. The summed E-state index contributed by atoms with van der Waals surface area (Å²) in [6.45, 7) is 3.35. The van der Waals surface area contributed by atoms with Crippen LogP contribution in [0.2, 0.25) is 0 Å². The average Bonchev–Trinajstić information content (AvgIpc) is 2.69. The molecule has 134 valence electrons. The molecule has 3 aromatic rings. The summed E-state index contributed by atoms with van der Waals surface area (Å²) in [5.74, 6) is 0.821. The van der Waals surface area contributed by atoms with E-state index in [-0.39, 0.29) is 0 Å². The lowest BCUT2D eigenvalue weighted by Gasteiger charge is -2.19. The number of rotatable bonds is 9. The Morgan fingerprint density at radius 2 is 1.27 bits per heavy atom. The van der Waals surface area contributed by atoms with Crippen molar-refractivity contribution in [3.8, 4) is 5.75 Å². The van der Waals surface area contributed by atoms with Gasteiger partial charge >= 0.3 is 0 Å². The van der Waals surface area contributed by atoms with Crippen LogP contribution < -0.4 is 4.74 Å². The first-order valence-corrected chi connectivity index (χ1v) is 8.80. The molecule has 0 heterocycles. The Hall–Kier alpha value is -2.62. The first-order chi connectivity index (χ1) is 12.8. The van der Waals surface area contributed by atoms with E-state index in [4.69, 9.17) is 14.2 Å². The minimum atomic E-state index is -0.448. The van der Waals surface area contributed by atoms with E-state index >= 15 is 0 Å². The van der Waals surface area contributed by atoms with Crippen LogP contribution in [0.15, 0.2) is 84.9 Å². The molecule has 0 amide bonds. The minimum Gasteiger partial charge on any atom is -0.488 e. The monoisotopic (exact) mass is 348 g/mol. The fourth-order valence-electron chi connectivity index (χ4n) is 2.54. The molecule has 0 spiro atoms. The normalized spacial score (nSPS) is 10.8. The van der Waals surface area contributed by atoms with Crippen LogP contribution in [0.3, 0.4) is 0 Å². The van der Waals surface area contributed by atoms with Gasteiger partial charge in [-0.1, -0.05) is 72.8 Å². The van der Waals surface area contributed by atoms with E-state index in [9.17, 15) is 0 Å². The molecule has 0 saturated heterocycles. The minimum absolute atomic E-state index is 0.336. The summed E-state index contributed by atoms with van der Waals surface area (Å²) >= 11 is 0. The van der Waals surface area contributed by atoms with Crippen molar-refractivity contribution in [1.29, 1.82) is 0 Å². The summed E-state index contributed by atoms with van der Waals surface area (Å²) in [6.07, 6.45) is -0.448. The largest absolute Gasteiger partial charge is 0.488 e. The van der Waals surface area contributed by atoms with Crippen LogP contribution in [-0.4, -0.2) is 12.9 Å². The Labute approximate surface area is 155 Å². The van der Waals surface area contributed by atoms with Gasteiger partial charge in [0.15, 0.2) is 6.29 Å². The number of hydrogen-bond donors (Lipinski definition) is 0. The fraction of sp³-hybridized carbons (Fsp3) is 0.217. The molecule has 3 rings (SSSR count). The zero-order chi connectivity index (χ0) is 18.0. The highest BCUT2D eigenvalue weighted by molar-refractivity contribution is 5.27. The van der Waals surface area contributed by atoms with Gasteiger partial charge in [-0.2, -0.15) is 0 Å². The van der Waals surface area contributed by atoms with E-state index in [1.807, 2.05) is 91.9 Å². The molecule has 0 atom stereocenters. The number of ether oxygens (including phenoxy) is 3. The lowest BCUT2D eigenvalue weighted by molar-refractivity contribution is -0.171. The smallest absolute Gasteiger partial charge is 0.192 e. The van der Waals surface area contributed by atoms with Gasteiger partial charge in [0.25, 0.3) is 0 Å². The molecular weight excluding hydrogens is 324 g/mol. The topological polar surface area (TPSA) is 27.7 Å². The lowest BCUT2D eigenvalue weighted by Crippen LogP contribution is -2.25. The van der Waals surface area contributed by atoms with E-state index in [0.717, 1.165) is 22.4 Å². The van der Waals surface area contributed by atoms with Crippen molar-refractivity contribution in [3.63, 3.8) is 0 Å². The summed E-state index contributed by atoms with van der Waals surface area (Å²) in [7, 11) is 0. The molecule has 3 aromatic carbocycles. The Morgan fingerprint density at radius 1 is 0.692 bits per heavy atom. The molecule has 0 unspecified atom stereocenters. The van der Waals surface area contributed by atoms with Gasteiger partial charge in [-0.3, -0.25) is 0 Å². The average molecular weight is 348 g/mol. The van der Waals surface area contributed by atoms with Gasteiger partial charge in [-0.15, -0.1) is 0 Å². The lowest BCUT2D eigenvalue weighted by atomic mass is 10.2. The number of benzene rings is 3. The number of aryl methyl sites for hydroxylation is 1. The third-order valence-electron chi connectivity index (χ3n) is 3.93. The third kappa shape index (κ3) is 6.03. The van der Waals surface area contributed by atoms with Gasteiger partial charge in [0.2, 0.25) is 0 Å². The first-order valence-electron chi connectivity index (χ1n) is 8.80. The van der Waals surface area contributed by atoms with Crippen LogP contribution in [-0.2, 0) is 22.7 Å². The van der Waals surface area contributed by atoms with Gasteiger partial charge < -0.3 is 14.2 Å². The second-order valence-electron chi connectivity index (χ2n) is 6.15. The van der Waals surface area contributed by atoms with Gasteiger partial charge in [0, 0.05) is 0 Å². The van der Waals surface area contributed by atoms with Crippen LogP contribution in [0, 0.1) is 6.92 Å². The maximum atomic E-state index is 5.95. The zero-order valence-corrected chi connectivity index (χ0v) is 15.0. The SMILES string of the molecule is Cc1cccc(OCC(OCc2ccccc2)OCc2ccccc2)c1. The molecule has 0 aliphatic carbocycles. The molecule has 26 heavy (non-hydrogen) atoms. The molecule has 3 nitrogen and oxygen atoms in total. The van der Waals surface area contributed by atoms with Crippen molar-refractivity contribution >= 4 is 0 Å². The predicted molar refractivity (Wildman–Crippen MR) is 103 cm³/mol. The summed E-state index contributed by atoms with van der Waals surface area (Å²) in [5.41, 5.74) is 3.38. The van der Waals surface area contributed by atoms with E-state index < -0.39 is 6.29 Å². The van der Waals surface area contributed by atoms with Gasteiger partial charge in [-0.05, 0) is 35.7 Å². The number of hydrogen-bond acceptors (Lipinski definition) is 3.